The average Bonchev–Trinajstić information content (AvgIpc) is 3.23. The number of pyridine rings is 1. The fraction of sp³-hybridized carbons (Fsp3) is 0.385. The minimum Gasteiger partial charge on any atom is -0.477 e. The molecular weight excluding hydrogens is 246 g/mol. The second kappa shape index (κ2) is 5.48. The number of hydrogen-bond acceptors (Lipinski definition) is 4. The summed E-state index contributed by atoms with van der Waals surface area (Å²) in [4.78, 5) is 28.5. The van der Waals surface area contributed by atoms with Crippen molar-refractivity contribution in [2.24, 2.45) is 0 Å². The smallest absolute Gasteiger partial charge is 0.354 e. The molecule has 0 radical (unpaired) electrons. The maximum atomic E-state index is 12.3. The Kier molecular flexibility index (Phi) is 3.76. The van der Waals surface area contributed by atoms with Crippen LogP contribution in [-0.2, 0) is 0 Å². The summed E-state index contributed by atoms with van der Waals surface area (Å²) in [5.74, 6) is -1.40. The monoisotopic (exact) mass is 259 g/mol. The topological polar surface area (TPSA) is 94.3 Å². The van der Waals surface area contributed by atoms with Gasteiger partial charge in [-0.1, -0.05) is 0 Å². The Bertz CT molecular complexity index is 546. The predicted molar refractivity (Wildman–Crippen MR) is 65.5 cm³/mol. The molecule has 0 spiro atoms. The van der Waals surface area contributed by atoms with Crippen LogP contribution in [0.2, 0.25) is 0 Å². The van der Waals surface area contributed by atoms with E-state index in [9.17, 15) is 9.59 Å². The van der Waals surface area contributed by atoms with Crippen LogP contribution in [0.4, 0.5) is 0 Å². The molecule has 1 aromatic heterocycles. The fourth-order valence-electron chi connectivity index (χ4n) is 1.85. The highest BCUT2D eigenvalue weighted by atomic mass is 16.4. The number of nitriles is 1. The number of hydrogen-bond donors (Lipinski definition) is 1. The van der Waals surface area contributed by atoms with Crippen LogP contribution < -0.4 is 0 Å². The third kappa shape index (κ3) is 3.07. The zero-order chi connectivity index (χ0) is 13.8. The van der Waals surface area contributed by atoms with Gasteiger partial charge < -0.3 is 10.0 Å². The van der Waals surface area contributed by atoms with Crippen molar-refractivity contribution in [2.75, 3.05) is 6.54 Å². The van der Waals surface area contributed by atoms with Crippen molar-refractivity contribution in [2.45, 2.75) is 25.3 Å². The van der Waals surface area contributed by atoms with Crippen molar-refractivity contribution in [3.63, 3.8) is 0 Å². The molecule has 19 heavy (non-hydrogen) atoms. The lowest BCUT2D eigenvalue weighted by Crippen LogP contribution is -2.34. The van der Waals surface area contributed by atoms with Gasteiger partial charge in [-0.2, -0.15) is 5.26 Å². The molecule has 1 heterocycles. The first kappa shape index (κ1) is 13.0. The van der Waals surface area contributed by atoms with E-state index in [1.807, 2.05) is 6.07 Å². The summed E-state index contributed by atoms with van der Waals surface area (Å²) < 4.78 is 0. The second-order valence-corrected chi connectivity index (χ2v) is 4.37. The van der Waals surface area contributed by atoms with Gasteiger partial charge in [0.15, 0.2) is 0 Å². The number of carboxylic acid groups (broad SMARTS) is 1. The van der Waals surface area contributed by atoms with E-state index in [-0.39, 0.29) is 24.1 Å². The van der Waals surface area contributed by atoms with Crippen LogP contribution in [0.5, 0.6) is 0 Å². The van der Waals surface area contributed by atoms with Crippen molar-refractivity contribution < 1.29 is 14.7 Å². The molecule has 1 aliphatic carbocycles. The lowest BCUT2D eigenvalue weighted by molar-refractivity contribution is 0.0690. The summed E-state index contributed by atoms with van der Waals surface area (Å²) in [6.07, 6.45) is 3.47. The van der Waals surface area contributed by atoms with Gasteiger partial charge in [-0.15, -0.1) is 0 Å². The molecule has 6 nitrogen and oxygen atoms in total. The number of aromatic carboxylic acids is 1. The molecule has 0 bridgehead atoms. The van der Waals surface area contributed by atoms with Gasteiger partial charge in [-0.25, -0.2) is 9.78 Å². The summed E-state index contributed by atoms with van der Waals surface area (Å²) in [5, 5.41) is 17.5. The first-order valence-corrected chi connectivity index (χ1v) is 6.00. The number of rotatable bonds is 5. The van der Waals surface area contributed by atoms with E-state index in [2.05, 4.69) is 4.98 Å². The summed E-state index contributed by atoms with van der Waals surface area (Å²) >= 11 is 0. The Morgan fingerprint density at radius 3 is 2.84 bits per heavy atom. The highest BCUT2D eigenvalue weighted by molar-refractivity contribution is 5.97. The lowest BCUT2D eigenvalue weighted by atomic mass is 10.2. The molecule has 6 heteroatoms. The highest BCUT2D eigenvalue weighted by Crippen LogP contribution is 2.28. The van der Waals surface area contributed by atoms with Crippen LogP contribution in [0.3, 0.4) is 0 Å². The molecule has 0 atom stereocenters. The van der Waals surface area contributed by atoms with E-state index < -0.39 is 5.97 Å². The van der Waals surface area contributed by atoms with Crippen LogP contribution in [0.15, 0.2) is 18.3 Å². The van der Waals surface area contributed by atoms with Crippen molar-refractivity contribution in [1.82, 2.24) is 9.88 Å². The van der Waals surface area contributed by atoms with Gasteiger partial charge in [-0.05, 0) is 25.0 Å². The first-order chi connectivity index (χ1) is 9.13. The molecule has 0 saturated heterocycles. The van der Waals surface area contributed by atoms with Crippen LogP contribution in [0.1, 0.15) is 40.1 Å². The normalized spacial score (nSPS) is 13.6. The number of amides is 1. The SMILES string of the molecule is N#CCCN(C(=O)c1ccnc(C(=O)O)c1)C1CC1. The largest absolute Gasteiger partial charge is 0.477 e. The van der Waals surface area contributed by atoms with Gasteiger partial charge in [0.25, 0.3) is 5.91 Å². The third-order valence-electron chi connectivity index (χ3n) is 2.94. The molecule has 0 aromatic carbocycles. The fourth-order valence-corrected chi connectivity index (χ4v) is 1.85. The Balaban J connectivity index is 2.19. The number of carbonyl (C=O) groups is 2. The van der Waals surface area contributed by atoms with E-state index in [1.165, 1.54) is 18.3 Å². The van der Waals surface area contributed by atoms with E-state index in [0.29, 0.717) is 12.1 Å². The number of carboxylic acids is 1. The second-order valence-electron chi connectivity index (χ2n) is 4.37. The van der Waals surface area contributed by atoms with Crippen LogP contribution in [0, 0.1) is 11.3 Å². The summed E-state index contributed by atoms with van der Waals surface area (Å²) in [7, 11) is 0. The average molecular weight is 259 g/mol. The minimum absolute atomic E-state index is 0.151. The Morgan fingerprint density at radius 1 is 1.53 bits per heavy atom. The maximum absolute atomic E-state index is 12.3. The van der Waals surface area contributed by atoms with Gasteiger partial charge in [0.1, 0.15) is 5.69 Å². The van der Waals surface area contributed by atoms with Gasteiger partial charge in [0, 0.05) is 24.3 Å². The van der Waals surface area contributed by atoms with Crippen LogP contribution in [0.25, 0.3) is 0 Å². The third-order valence-corrected chi connectivity index (χ3v) is 2.94. The zero-order valence-corrected chi connectivity index (χ0v) is 10.2. The number of aromatic nitrogens is 1. The Labute approximate surface area is 110 Å². The summed E-state index contributed by atoms with van der Waals surface area (Å²) in [6, 6.07) is 4.97. The van der Waals surface area contributed by atoms with Gasteiger partial charge in [0.05, 0.1) is 12.5 Å². The van der Waals surface area contributed by atoms with Crippen molar-refractivity contribution in [3.05, 3.63) is 29.6 Å². The van der Waals surface area contributed by atoms with E-state index in [4.69, 9.17) is 10.4 Å². The lowest BCUT2D eigenvalue weighted by Gasteiger charge is -2.21. The van der Waals surface area contributed by atoms with Crippen LogP contribution >= 0.6 is 0 Å². The van der Waals surface area contributed by atoms with Crippen molar-refractivity contribution in [3.8, 4) is 6.07 Å². The van der Waals surface area contributed by atoms with Crippen molar-refractivity contribution >= 4 is 11.9 Å². The van der Waals surface area contributed by atoms with Gasteiger partial charge >= 0.3 is 5.97 Å². The Hall–Kier alpha value is -2.42. The van der Waals surface area contributed by atoms with E-state index >= 15 is 0 Å². The molecule has 2 rings (SSSR count). The quantitative estimate of drug-likeness (QED) is 0.860. The maximum Gasteiger partial charge on any atom is 0.354 e. The molecule has 1 aliphatic rings. The molecule has 1 amide bonds. The first-order valence-electron chi connectivity index (χ1n) is 6.00. The minimum atomic E-state index is -1.16. The summed E-state index contributed by atoms with van der Waals surface area (Å²) in [5.41, 5.74) is 0.152. The van der Waals surface area contributed by atoms with Gasteiger partial charge in [-0.3, -0.25) is 4.79 Å². The van der Waals surface area contributed by atoms with Crippen molar-refractivity contribution in [1.29, 1.82) is 5.26 Å². The molecule has 1 aromatic rings. The van der Waals surface area contributed by atoms with E-state index in [1.54, 1.807) is 4.90 Å². The molecular formula is C13H13N3O3. The molecule has 1 saturated carbocycles. The standard InChI is InChI=1S/C13H13N3O3/c14-5-1-7-16(10-2-3-10)12(17)9-4-6-15-11(8-9)13(18)19/h4,6,8,10H,1-3,7H2,(H,18,19). The highest BCUT2D eigenvalue weighted by Gasteiger charge is 2.32. The number of nitrogens with zero attached hydrogens (tertiary/aromatic N) is 3. The van der Waals surface area contributed by atoms with Crippen LogP contribution in [-0.4, -0.2) is 39.5 Å². The van der Waals surface area contributed by atoms with Gasteiger partial charge in [0.2, 0.25) is 0 Å². The molecule has 0 aliphatic heterocycles. The molecule has 98 valence electrons. The Morgan fingerprint density at radius 2 is 2.26 bits per heavy atom. The number of carbonyl (C=O) groups excluding carboxylic acids is 1. The molecule has 1 fully saturated rings. The zero-order valence-electron chi connectivity index (χ0n) is 10.2. The predicted octanol–water partition coefficient (Wildman–Crippen LogP) is 1.30. The summed E-state index contributed by atoms with van der Waals surface area (Å²) in [6.45, 7) is 0.380. The molecule has 1 N–H and O–H groups in total. The molecule has 0 unspecified atom stereocenters. The van der Waals surface area contributed by atoms with E-state index in [0.717, 1.165) is 12.8 Å².